The summed E-state index contributed by atoms with van der Waals surface area (Å²) < 4.78 is 27.4. The number of nitrogens with one attached hydrogen (secondary N) is 1. The number of benzene rings is 2. The molecule has 1 amide bonds. The molecule has 1 heterocycles. The summed E-state index contributed by atoms with van der Waals surface area (Å²) in [6, 6.07) is 11.9. The number of amides is 1. The number of nitro benzene ring substituents is 1. The Balaban J connectivity index is 1.42. The van der Waals surface area contributed by atoms with E-state index in [1.165, 1.54) is 52.0 Å². The monoisotopic (exact) mass is 500 g/mol. The van der Waals surface area contributed by atoms with Gasteiger partial charge >= 0.3 is 0 Å². The molecule has 9 nitrogen and oxygen atoms in total. The van der Waals surface area contributed by atoms with E-state index in [-0.39, 0.29) is 16.6 Å². The second-order valence-corrected chi connectivity index (χ2v) is 11.0. The van der Waals surface area contributed by atoms with Crippen LogP contribution in [0.4, 0.5) is 10.8 Å². The van der Waals surface area contributed by atoms with Crippen molar-refractivity contribution in [2.24, 2.45) is 0 Å². The lowest BCUT2D eigenvalue weighted by Gasteiger charge is -2.30. The van der Waals surface area contributed by atoms with Crippen molar-refractivity contribution in [2.75, 3.05) is 12.4 Å². The van der Waals surface area contributed by atoms with E-state index in [0.29, 0.717) is 22.0 Å². The van der Waals surface area contributed by atoms with Crippen LogP contribution in [0.15, 0.2) is 58.8 Å². The van der Waals surface area contributed by atoms with Crippen LogP contribution in [0.3, 0.4) is 0 Å². The lowest BCUT2D eigenvalue weighted by atomic mass is 9.96. The number of aromatic nitrogens is 1. The van der Waals surface area contributed by atoms with Crippen molar-refractivity contribution in [3.8, 4) is 11.3 Å². The molecule has 1 fully saturated rings. The predicted octanol–water partition coefficient (Wildman–Crippen LogP) is 4.92. The van der Waals surface area contributed by atoms with Crippen molar-refractivity contribution in [2.45, 2.75) is 43.0 Å². The maximum atomic E-state index is 13.0. The number of hydrogen-bond acceptors (Lipinski definition) is 7. The van der Waals surface area contributed by atoms with Gasteiger partial charge in [0.15, 0.2) is 5.13 Å². The number of anilines is 1. The van der Waals surface area contributed by atoms with E-state index in [9.17, 15) is 23.3 Å². The molecule has 34 heavy (non-hydrogen) atoms. The summed E-state index contributed by atoms with van der Waals surface area (Å²) in [5.74, 6) is -0.408. The quantitative estimate of drug-likeness (QED) is 0.363. The van der Waals surface area contributed by atoms with Gasteiger partial charge in [0.05, 0.1) is 15.5 Å². The van der Waals surface area contributed by atoms with Crippen LogP contribution < -0.4 is 5.32 Å². The first-order valence-electron chi connectivity index (χ1n) is 10.9. The number of hydrogen-bond donors (Lipinski definition) is 1. The van der Waals surface area contributed by atoms with Crippen LogP contribution in [-0.4, -0.2) is 41.6 Å². The molecule has 178 valence electrons. The first-order chi connectivity index (χ1) is 16.3. The summed E-state index contributed by atoms with van der Waals surface area (Å²) in [6.07, 6.45) is 4.94. The summed E-state index contributed by atoms with van der Waals surface area (Å²) in [5, 5.41) is 15.6. The highest BCUT2D eigenvalue weighted by Gasteiger charge is 2.29. The number of rotatable bonds is 7. The Morgan fingerprint density at radius 2 is 1.74 bits per heavy atom. The number of sulfonamides is 1. The number of thiazole rings is 1. The smallest absolute Gasteiger partial charge is 0.269 e. The third kappa shape index (κ3) is 5.16. The number of nitro groups is 1. The summed E-state index contributed by atoms with van der Waals surface area (Å²) in [5.41, 5.74) is 1.58. The van der Waals surface area contributed by atoms with Crippen molar-refractivity contribution in [1.29, 1.82) is 0 Å². The van der Waals surface area contributed by atoms with E-state index in [1.54, 1.807) is 24.6 Å². The molecule has 0 atom stereocenters. The Kier molecular flexibility index (Phi) is 7.05. The van der Waals surface area contributed by atoms with Gasteiger partial charge in [-0.15, -0.1) is 11.3 Å². The Morgan fingerprint density at radius 1 is 1.09 bits per heavy atom. The number of non-ortho nitro benzene ring substituents is 1. The third-order valence-electron chi connectivity index (χ3n) is 5.98. The van der Waals surface area contributed by atoms with Crippen molar-refractivity contribution in [3.63, 3.8) is 0 Å². The van der Waals surface area contributed by atoms with Gasteiger partial charge in [-0.25, -0.2) is 13.4 Å². The molecule has 0 unspecified atom stereocenters. The zero-order valence-corrected chi connectivity index (χ0v) is 20.1. The summed E-state index contributed by atoms with van der Waals surface area (Å²) in [7, 11) is -2.00. The molecule has 1 saturated carbocycles. The fourth-order valence-corrected chi connectivity index (χ4v) is 6.10. The van der Waals surface area contributed by atoms with E-state index in [2.05, 4.69) is 10.3 Å². The average Bonchev–Trinajstić information content (AvgIpc) is 3.32. The van der Waals surface area contributed by atoms with Crippen LogP contribution in [0.1, 0.15) is 42.5 Å². The maximum Gasteiger partial charge on any atom is 0.269 e. The maximum absolute atomic E-state index is 13.0. The molecule has 2 aromatic carbocycles. The molecular weight excluding hydrogens is 476 g/mol. The Hall–Kier alpha value is -3.15. The second-order valence-electron chi connectivity index (χ2n) is 8.13. The van der Waals surface area contributed by atoms with Crippen LogP contribution in [0.2, 0.25) is 0 Å². The van der Waals surface area contributed by atoms with Crippen molar-refractivity contribution in [1.82, 2.24) is 9.29 Å². The normalized spacial score (nSPS) is 14.8. The summed E-state index contributed by atoms with van der Waals surface area (Å²) >= 11 is 1.23. The molecular formula is C23H24N4O5S2. The molecule has 1 aromatic heterocycles. The number of nitrogens with zero attached hydrogens (tertiary/aromatic N) is 3. The zero-order chi connectivity index (χ0) is 24.3. The third-order valence-corrected chi connectivity index (χ3v) is 8.66. The highest BCUT2D eigenvalue weighted by Crippen LogP contribution is 2.28. The van der Waals surface area contributed by atoms with Crippen molar-refractivity contribution >= 4 is 38.1 Å². The topological polar surface area (TPSA) is 123 Å². The zero-order valence-electron chi connectivity index (χ0n) is 18.5. The molecule has 4 rings (SSSR count). The predicted molar refractivity (Wildman–Crippen MR) is 130 cm³/mol. The van der Waals surface area contributed by atoms with E-state index in [4.69, 9.17) is 0 Å². The molecule has 0 bridgehead atoms. The molecule has 0 saturated heterocycles. The van der Waals surface area contributed by atoms with Crippen LogP contribution in [0, 0.1) is 10.1 Å². The second kappa shape index (κ2) is 10.00. The van der Waals surface area contributed by atoms with Gasteiger partial charge in [0.25, 0.3) is 11.6 Å². The average molecular weight is 501 g/mol. The number of carbonyl (C=O) groups is 1. The highest BCUT2D eigenvalue weighted by atomic mass is 32.2. The highest BCUT2D eigenvalue weighted by molar-refractivity contribution is 7.89. The fraction of sp³-hybridized carbons (Fsp3) is 0.304. The van der Waals surface area contributed by atoms with E-state index in [1.807, 2.05) is 0 Å². The molecule has 11 heteroatoms. The van der Waals surface area contributed by atoms with Gasteiger partial charge in [-0.3, -0.25) is 20.2 Å². The molecule has 0 aliphatic heterocycles. The Bertz CT molecular complexity index is 1280. The first-order valence-corrected chi connectivity index (χ1v) is 13.2. The Morgan fingerprint density at radius 3 is 2.35 bits per heavy atom. The molecule has 1 aliphatic carbocycles. The van der Waals surface area contributed by atoms with Gasteiger partial charge in [0.2, 0.25) is 10.0 Å². The minimum Gasteiger partial charge on any atom is -0.298 e. The van der Waals surface area contributed by atoms with Crippen LogP contribution in [0.25, 0.3) is 11.3 Å². The lowest BCUT2D eigenvalue weighted by molar-refractivity contribution is -0.384. The minimum atomic E-state index is -3.63. The van der Waals surface area contributed by atoms with Gasteiger partial charge in [-0.2, -0.15) is 4.31 Å². The van der Waals surface area contributed by atoms with Crippen LogP contribution >= 0.6 is 11.3 Å². The molecule has 3 aromatic rings. The molecule has 0 radical (unpaired) electrons. The Labute approximate surface area is 201 Å². The van der Waals surface area contributed by atoms with Gasteiger partial charge in [-0.1, -0.05) is 19.3 Å². The largest absolute Gasteiger partial charge is 0.298 e. The van der Waals surface area contributed by atoms with E-state index in [0.717, 1.165) is 32.1 Å². The minimum absolute atomic E-state index is 0.0107. The van der Waals surface area contributed by atoms with Gasteiger partial charge in [0.1, 0.15) is 0 Å². The molecule has 1 aliphatic rings. The van der Waals surface area contributed by atoms with Gasteiger partial charge in [-0.05, 0) is 49.2 Å². The molecule has 0 spiro atoms. The molecule has 1 N–H and O–H groups in total. The van der Waals surface area contributed by atoms with E-state index >= 15 is 0 Å². The fourth-order valence-electron chi connectivity index (χ4n) is 3.97. The standard InChI is InChI=1S/C23H24N4O5S2/c1-26(18-5-3-2-4-6-18)34(31,32)20-13-9-17(10-14-20)22(28)25-23-24-21(15-33-23)16-7-11-19(12-8-16)27(29)30/h7-15,18H,2-6H2,1H3,(H,24,25,28). The van der Waals surface area contributed by atoms with Crippen LogP contribution in [-0.2, 0) is 10.0 Å². The first kappa shape index (κ1) is 24.0. The van der Waals surface area contributed by atoms with Gasteiger partial charge in [0, 0.05) is 41.7 Å². The van der Waals surface area contributed by atoms with Crippen LogP contribution in [0.5, 0.6) is 0 Å². The summed E-state index contributed by atoms with van der Waals surface area (Å²) in [6.45, 7) is 0. The van der Waals surface area contributed by atoms with Gasteiger partial charge < -0.3 is 0 Å². The SMILES string of the molecule is CN(C1CCCCC1)S(=O)(=O)c1ccc(C(=O)Nc2nc(-c3ccc([N+](=O)[O-])cc3)cs2)cc1. The summed E-state index contributed by atoms with van der Waals surface area (Å²) in [4.78, 5) is 27.5. The van der Waals surface area contributed by atoms with Crippen molar-refractivity contribution in [3.05, 3.63) is 69.6 Å². The lowest BCUT2D eigenvalue weighted by Crippen LogP contribution is -2.38. The van der Waals surface area contributed by atoms with Crippen molar-refractivity contribution < 1.29 is 18.1 Å². The number of carbonyl (C=O) groups excluding carboxylic acids is 1. The van der Waals surface area contributed by atoms with E-state index < -0.39 is 20.9 Å².